The zero-order valence-electron chi connectivity index (χ0n) is 10.4. The lowest BCUT2D eigenvalue weighted by molar-refractivity contribution is 0.340. The highest BCUT2D eigenvalue weighted by Gasteiger charge is 2.21. The number of hydrogen-bond acceptors (Lipinski definition) is 4. The lowest BCUT2D eigenvalue weighted by Gasteiger charge is -2.13. The van der Waals surface area contributed by atoms with E-state index in [1.54, 1.807) is 18.2 Å². The molecular weight excluding hydrogens is 233 g/mol. The summed E-state index contributed by atoms with van der Waals surface area (Å²) in [5.74, 6) is 0.307. The third-order valence-electron chi connectivity index (χ3n) is 3.06. The van der Waals surface area contributed by atoms with Gasteiger partial charge in [-0.1, -0.05) is 31.1 Å². The largest absolute Gasteiger partial charge is 0.339 e. The van der Waals surface area contributed by atoms with Crippen LogP contribution in [0.25, 0.3) is 11.4 Å². The molecule has 2 unspecified atom stereocenters. The van der Waals surface area contributed by atoms with Gasteiger partial charge < -0.3 is 10.3 Å². The van der Waals surface area contributed by atoms with E-state index in [0.29, 0.717) is 11.5 Å². The van der Waals surface area contributed by atoms with Crippen LogP contribution >= 0.6 is 0 Å². The minimum Gasteiger partial charge on any atom is -0.339 e. The molecule has 0 aliphatic rings. The second-order valence-corrected chi connectivity index (χ2v) is 4.30. The van der Waals surface area contributed by atoms with Gasteiger partial charge in [0.05, 0.1) is 11.5 Å². The van der Waals surface area contributed by atoms with Crippen molar-refractivity contribution in [3.05, 3.63) is 36.0 Å². The third kappa shape index (κ3) is 2.41. The monoisotopic (exact) mass is 249 g/mol. The Hall–Kier alpha value is -1.75. The van der Waals surface area contributed by atoms with Crippen LogP contribution in [0.2, 0.25) is 0 Å². The fraction of sp³-hybridized carbons (Fsp3) is 0.385. The molecule has 2 atom stereocenters. The first-order valence-electron chi connectivity index (χ1n) is 5.97. The fourth-order valence-electron chi connectivity index (χ4n) is 1.71. The smallest absolute Gasteiger partial charge is 0.231 e. The summed E-state index contributed by atoms with van der Waals surface area (Å²) in [5.41, 5.74) is 6.26. The average Bonchev–Trinajstić information content (AvgIpc) is 2.87. The second-order valence-electron chi connectivity index (χ2n) is 4.30. The van der Waals surface area contributed by atoms with Gasteiger partial charge in [0.1, 0.15) is 5.82 Å². The molecule has 96 valence electrons. The van der Waals surface area contributed by atoms with E-state index in [9.17, 15) is 4.39 Å². The van der Waals surface area contributed by atoms with Gasteiger partial charge in [0.25, 0.3) is 0 Å². The van der Waals surface area contributed by atoms with E-state index in [0.717, 1.165) is 6.42 Å². The molecule has 2 aromatic rings. The lowest BCUT2D eigenvalue weighted by atomic mass is 10.0. The highest BCUT2D eigenvalue weighted by molar-refractivity contribution is 5.54. The SMILES string of the molecule is CCC(N)C(C)c1nc(-c2ccccc2F)no1. The third-order valence-corrected chi connectivity index (χ3v) is 3.06. The van der Waals surface area contributed by atoms with E-state index in [4.69, 9.17) is 10.3 Å². The molecule has 5 heteroatoms. The molecule has 2 N–H and O–H groups in total. The molecule has 0 fully saturated rings. The van der Waals surface area contributed by atoms with Crippen molar-refractivity contribution < 1.29 is 8.91 Å². The fourth-order valence-corrected chi connectivity index (χ4v) is 1.71. The molecule has 0 aliphatic heterocycles. The van der Waals surface area contributed by atoms with Crippen LogP contribution in [-0.4, -0.2) is 16.2 Å². The average molecular weight is 249 g/mol. The molecule has 1 heterocycles. The van der Waals surface area contributed by atoms with Gasteiger partial charge in [0.2, 0.25) is 11.7 Å². The quantitative estimate of drug-likeness (QED) is 0.904. The van der Waals surface area contributed by atoms with E-state index in [-0.39, 0.29) is 23.6 Å². The number of hydrogen-bond donors (Lipinski definition) is 1. The molecule has 18 heavy (non-hydrogen) atoms. The first-order chi connectivity index (χ1) is 8.63. The van der Waals surface area contributed by atoms with E-state index in [1.165, 1.54) is 6.07 Å². The number of nitrogens with zero attached hydrogens (tertiary/aromatic N) is 2. The Morgan fingerprint density at radius 2 is 2.11 bits per heavy atom. The second kappa shape index (κ2) is 5.27. The summed E-state index contributed by atoms with van der Waals surface area (Å²) >= 11 is 0. The number of nitrogens with two attached hydrogens (primary N) is 1. The van der Waals surface area contributed by atoms with Crippen molar-refractivity contribution >= 4 is 0 Å². The number of aromatic nitrogens is 2. The zero-order valence-corrected chi connectivity index (χ0v) is 10.4. The Morgan fingerprint density at radius 1 is 1.39 bits per heavy atom. The van der Waals surface area contributed by atoms with Gasteiger partial charge in [-0.2, -0.15) is 4.98 Å². The van der Waals surface area contributed by atoms with Gasteiger partial charge in [0, 0.05) is 6.04 Å². The van der Waals surface area contributed by atoms with Gasteiger partial charge in [-0.05, 0) is 18.6 Å². The van der Waals surface area contributed by atoms with Crippen molar-refractivity contribution in [1.82, 2.24) is 10.1 Å². The number of benzene rings is 1. The van der Waals surface area contributed by atoms with Gasteiger partial charge in [-0.15, -0.1) is 0 Å². The van der Waals surface area contributed by atoms with Crippen LogP contribution in [0.5, 0.6) is 0 Å². The molecule has 1 aromatic carbocycles. The van der Waals surface area contributed by atoms with Gasteiger partial charge >= 0.3 is 0 Å². The van der Waals surface area contributed by atoms with E-state index < -0.39 is 0 Å². The van der Waals surface area contributed by atoms with Crippen molar-refractivity contribution in [2.45, 2.75) is 32.2 Å². The maximum absolute atomic E-state index is 13.6. The first-order valence-corrected chi connectivity index (χ1v) is 5.97. The van der Waals surface area contributed by atoms with Crippen LogP contribution in [0.1, 0.15) is 32.1 Å². The zero-order chi connectivity index (χ0) is 13.1. The highest BCUT2D eigenvalue weighted by Crippen LogP contribution is 2.23. The summed E-state index contributed by atoms with van der Waals surface area (Å²) in [6.07, 6.45) is 0.818. The minimum absolute atomic E-state index is 0.0389. The predicted octanol–water partition coefficient (Wildman–Crippen LogP) is 2.72. The molecule has 0 aliphatic carbocycles. The standard InChI is InChI=1S/C13H16FN3O/c1-3-11(15)8(2)13-16-12(17-18-13)9-6-4-5-7-10(9)14/h4-8,11H,3,15H2,1-2H3. The van der Waals surface area contributed by atoms with Crippen LogP contribution < -0.4 is 5.73 Å². The summed E-state index contributed by atoms with van der Waals surface area (Å²) in [7, 11) is 0. The van der Waals surface area contributed by atoms with Crippen molar-refractivity contribution in [2.24, 2.45) is 5.73 Å². The predicted molar refractivity (Wildman–Crippen MR) is 66.4 cm³/mol. The van der Waals surface area contributed by atoms with E-state index >= 15 is 0 Å². The Bertz CT molecular complexity index is 526. The van der Waals surface area contributed by atoms with Gasteiger partial charge in [0.15, 0.2) is 0 Å². The van der Waals surface area contributed by atoms with Crippen LogP contribution in [0.15, 0.2) is 28.8 Å². The molecule has 0 amide bonds. The van der Waals surface area contributed by atoms with Crippen LogP contribution in [0.3, 0.4) is 0 Å². The molecule has 0 spiro atoms. The summed E-state index contributed by atoms with van der Waals surface area (Å²) in [5, 5.41) is 3.80. The summed E-state index contributed by atoms with van der Waals surface area (Å²) in [4.78, 5) is 4.21. The summed E-state index contributed by atoms with van der Waals surface area (Å²) < 4.78 is 18.7. The summed E-state index contributed by atoms with van der Waals surface area (Å²) in [6, 6.07) is 6.30. The van der Waals surface area contributed by atoms with Crippen LogP contribution in [0, 0.1) is 5.82 Å². The van der Waals surface area contributed by atoms with Crippen molar-refractivity contribution in [3.8, 4) is 11.4 Å². The highest BCUT2D eigenvalue weighted by atomic mass is 19.1. The van der Waals surface area contributed by atoms with Gasteiger partial charge in [-0.25, -0.2) is 4.39 Å². The van der Waals surface area contributed by atoms with Crippen molar-refractivity contribution in [2.75, 3.05) is 0 Å². The molecule has 1 aromatic heterocycles. The number of halogens is 1. The van der Waals surface area contributed by atoms with Crippen molar-refractivity contribution in [3.63, 3.8) is 0 Å². The Labute approximate surface area is 105 Å². The molecule has 0 saturated carbocycles. The molecule has 0 bridgehead atoms. The van der Waals surface area contributed by atoms with E-state index in [2.05, 4.69) is 10.1 Å². The van der Waals surface area contributed by atoms with Crippen LogP contribution in [0.4, 0.5) is 4.39 Å². The minimum atomic E-state index is -0.364. The topological polar surface area (TPSA) is 64.9 Å². The number of rotatable bonds is 4. The maximum Gasteiger partial charge on any atom is 0.231 e. The summed E-state index contributed by atoms with van der Waals surface area (Å²) in [6.45, 7) is 3.92. The van der Waals surface area contributed by atoms with E-state index in [1.807, 2.05) is 13.8 Å². The molecule has 2 rings (SSSR count). The first kappa shape index (κ1) is 12.7. The Balaban J connectivity index is 2.29. The maximum atomic E-state index is 13.6. The van der Waals surface area contributed by atoms with Crippen LogP contribution in [-0.2, 0) is 0 Å². The molecule has 0 saturated heterocycles. The molecular formula is C13H16FN3O. The normalized spacial score (nSPS) is 14.4. The van der Waals surface area contributed by atoms with Gasteiger partial charge in [-0.3, -0.25) is 0 Å². The Morgan fingerprint density at radius 3 is 2.78 bits per heavy atom. The Kier molecular flexibility index (Phi) is 3.72. The lowest BCUT2D eigenvalue weighted by Crippen LogP contribution is -2.25. The molecule has 0 radical (unpaired) electrons. The molecule has 4 nitrogen and oxygen atoms in total. The van der Waals surface area contributed by atoms with Crippen molar-refractivity contribution in [1.29, 1.82) is 0 Å².